The van der Waals surface area contributed by atoms with Crippen molar-refractivity contribution < 1.29 is 0 Å². The number of hydrogen-bond acceptors (Lipinski definition) is 0. The van der Waals surface area contributed by atoms with Gasteiger partial charge >= 0.3 is 0 Å². The molecule has 100 valence electrons. The molecule has 2 aromatic carbocycles. The lowest BCUT2D eigenvalue weighted by molar-refractivity contribution is 0.920. The molecule has 1 unspecified atom stereocenters. The minimum atomic E-state index is 0.302. The zero-order chi connectivity index (χ0) is 14.3. The van der Waals surface area contributed by atoms with Crippen LogP contribution in [0, 0.1) is 0 Å². The highest BCUT2D eigenvalue weighted by molar-refractivity contribution is 7.01. The molecule has 0 saturated carbocycles. The van der Waals surface area contributed by atoms with Gasteiger partial charge in [0.15, 0.2) is 0 Å². The van der Waals surface area contributed by atoms with Gasteiger partial charge in [-0.05, 0) is 46.9 Å². The fraction of sp³-hybridized carbons (Fsp3) is 0.222. The summed E-state index contributed by atoms with van der Waals surface area (Å²) in [6.07, 6.45) is 0. The van der Waals surface area contributed by atoms with E-state index in [1.807, 2.05) is 0 Å². The van der Waals surface area contributed by atoms with E-state index in [9.17, 15) is 0 Å². The maximum absolute atomic E-state index is 6.22. The molecule has 0 aliphatic heterocycles. The quantitative estimate of drug-likeness (QED) is 0.554. The second-order valence-electron chi connectivity index (χ2n) is 5.44. The third-order valence-electron chi connectivity index (χ3n) is 4.48. The monoisotopic (exact) mass is 296 g/mol. The second kappa shape index (κ2) is 5.23. The van der Waals surface area contributed by atoms with E-state index in [-0.39, 0.29) is 0 Å². The van der Waals surface area contributed by atoms with E-state index in [1.54, 1.807) is 0 Å². The average molecular weight is 297 g/mol. The lowest BCUT2D eigenvalue weighted by atomic mass is 9.92. The summed E-state index contributed by atoms with van der Waals surface area (Å²) in [5.41, 5.74) is 8.35. The van der Waals surface area contributed by atoms with Gasteiger partial charge in [-0.15, -0.1) is 0 Å². The molecule has 0 fully saturated rings. The zero-order valence-corrected chi connectivity index (χ0v) is 13.8. The minimum Gasteiger partial charge on any atom is -0.165 e. The SMILES string of the molecule is CC1=C(C)C(C)c2ccc([Si]Cl)c(-c3ccccc3)c21. The fourth-order valence-corrected chi connectivity index (χ4v) is 4.10. The lowest BCUT2D eigenvalue weighted by Crippen LogP contribution is -2.15. The third kappa shape index (κ3) is 1.97. The van der Waals surface area contributed by atoms with Crippen LogP contribution in [0.5, 0.6) is 0 Å². The van der Waals surface area contributed by atoms with Crippen LogP contribution in [0.3, 0.4) is 0 Å². The Bertz CT molecular complexity index is 686. The van der Waals surface area contributed by atoms with Crippen LogP contribution in [0.4, 0.5) is 0 Å². The van der Waals surface area contributed by atoms with E-state index >= 15 is 0 Å². The number of benzene rings is 2. The number of fused-ring (bicyclic) bond motifs is 1. The summed E-state index contributed by atoms with van der Waals surface area (Å²) in [5, 5.41) is 1.25. The van der Waals surface area contributed by atoms with Crippen molar-refractivity contribution in [1.82, 2.24) is 0 Å². The zero-order valence-electron chi connectivity index (χ0n) is 12.0. The van der Waals surface area contributed by atoms with Gasteiger partial charge in [-0.25, -0.2) is 0 Å². The van der Waals surface area contributed by atoms with Crippen molar-refractivity contribution >= 4 is 30.7 Å². The van der Waals surface area contributed by atoms with Gasteiger partial charge in [0.1, 0.15) is 0 Å². The molecule has 1 atom stereocenters. The van der Waals surface area contributed by atoms with Crippen LogP contribution in [0.2, 0.25) is 0 Å². The van der Waals surface area contributed by atoms with Crippen LogP contribution < -0.4 is 5.19 Å². The Labute approximate surface area is 128 Å². The Kier molecular flexibility index (Phi) is 3.57. The number of allylic oxidation sites excluding steroid dienone is 2. The first-order chi connectivity index (χ1) is 9.65. The molecule has 2 aromatic rings. The molecule has 0 saturated heterocycles. The van der Waals surface area contributed by atoms with Crippen molar-refractivity contribution in [3.8, 4) is 11.1 Å². The van der Waals surface area contributed by atoms with Gasteiger partial charge < -0.3 is 0 Å². The van der Waals surface area contributed by atoms with Crippen molar-refractivity contribution in [2.45, 2.75) is 26.7 Å². The van der Waals surface area contributed by atoms with Gasteiger partial charge in [0, 0.05) is 5.92 Å². The maximum Gasteiger partial charge on any atom is 0.211 e. The van der Waals surface area contributed by atoms with Crippen molar-refractivity contribution in [1.29, 1.82) is 0 Å². The number of hydrogen-bond donors (Lipinski definition) is 0. The molecule has 2 radical (unpaired) electrons. The summed E-state index contributed by atoms with van der Waals surface area (Å²) in [5.74, 6) is 0.514. The highest BCUT2D eigenvalue weighted by Crippen LogP contribution is 2.44. The summed E-state index contributed by atoms with van der Waals surface area (Å²) in [6, 6.07) is 15.1. The smallest absolute Gasteiger partial charge is 0.165 e. The Morgan fingerprint density at radius 2 is 1.65 bits per heavy atom. The van der Waals surface area contributed by atoms with Crippen LogP contribution >= 0.6 is 11.1 Å². The minimum absolute atomic E-state index is 0.302. The summed E-state index contributed by atoms with van der Waals surface area (Å²) in [4.78, 5) is 0. The highest BCUT2D eigenvalue weighted by Gasteiger charge is 2.27. The molecule has 0 spiro atoms. The normalized spacial score (nSPS) is 17.5. The first-order valence-electron chi connectivity index (χ1n) is 6.92. The number of rotatable bonds is 2. The topological polar surface area (TPSA) is 0 Å². The first kappa shape index (κ1) is 13.7. The average Bonchev–Trinajstić information content (AvgIpc) is 2.72. The predicted molar refractivity (Wildman–Crippen MR) is 89.8 cm³/mol. The van der Waals surface area contributed by atoms with Gasteiger partial charge in [0.2, 0.25) is 8.83 Å². The molecule has 0 heterocycles. The molecular formula is C18H17ClSi. The molecule has 1 aliphatic rings. The van der Waals surface area contributed by atoms with Crippen LogP contribution in [-0.4, -0.2) is 8.83 Å². The van der Waals surface area contributed by atoms with Crippen LogP contribution in [-0.2, 0) is 0 Å². The van der Waals surface area contributed by atoms with Crippen LogP contribution in [0.15, 0.2) is 48.0 Å². The Morgan fingerprint density at radius 3 is 2.30 bits per heavy atom. The fourth-order valence-electron chi connectivity index (χ4n) is 3.12. The second-order valence-corrected chi connectivity index (χ2v) is 6.74. The molecule has 2 heteroatoms. The standard InChI is InChI=1S/C18H17ClSi/c1-11-12(2)15-9-10-16(20-19)18(17(15)13(11)3)14-7-5-4-6-8-14/h4-10,12H,1-3H3. The Balaban J connectivity index is 2.34. The van der Waals surface area contributed by atoms with E-state index in [4.69, 9.17) is 11.1 Å². The van der Waals surface area contributed by atoms with Crippen molar-refractivity contribution in [2.75, 3.05) is 0 Å². The van der Waals surface area contributed by atoms with Gasteiger partial charge in [-0.2, -0.15) is 11.1 Å². The van der Waals surface area contributed by atoms with Crippen LogP contribution in [0.25, 0.3) is 16.7 Å². The van der Waals surface area contributed by atoms with Crippen molar-refractivity contribution in [3.05, 3.63) is 59.2 Å². The largest absolute Gasteiger partial charge is 0.211 e. The molecular weight excluding hydrogens is 280 g/mol. The summed E-state index contributed by atoms with van der Waals surface area (Å²) >= 11 is 6.22. The third-order valence-corrected chi connectivity index (χ3v) is 5.72. The van der Waals surface area contributed by atoms with E-state index in [0.29, 0.717) is 14.7 Å². The molecule has 3 rings (SSSR count). The highest BCUT2D eigenvalue weighted by atomic mass is 35.6. The van der Waals surface area contributed by atoms with E-state index in [1.165, 1.54) is 38.6 Å². The van der Waals surface area contributed by atoms with Crippen LogP contribution in [0.1, 0.15) is 37.8 Å². The maximum atomic E-state index is 6.22. The molecule has 0 bridgehead atoms. The van der Waals surface area contributed by atoms with E-state index in [2.05, 4.69) is 63.2 Å². The Morgan fingerprint density at radius 1 is 0.950 bits per heavy atom. The molecule has 0 amide bonds. The molecule has 20 heavy (non-hydrogen) atoms. The van der Waals surface area contributed by atoms with Gasteiger partial charge in [0.25, 0.3) is 0 Å². The summed E-state index contributed by atoms with van der Waals surface area (Å²) in [6.45, 7) is 6.78. The summed E-state index contributed by atoms with van der Waals surface area (Å²) in [7, 11) is 0.302. The Hall–Kier alpha value is -1.31. The van der Waals surface area contributed by atoms with E-state index < -0.39 is 0 Å². The molecule has 0 N–H and O–H groups in total. The van der Waals surface area contributed by atoms with Crippen molar-refractivity contribution in [3.63, 3.8) is 0 Å². The summed E-state index contributed by atoms with van der Waals surface area (Å²) < 4.78 is 0. The van der Waals surface area contributed by atoms with Gasteiger partial charge in [-0.1, -0.05) is 55.0 Å². The molecule has 0 nitrogen and oxygen atoms in total. The first-order valence-corrected chi connectivity index (χ1v) is 8.93. The van der Waals surface area contributed by atoms with Gasteiger partial charge in [0.05, 0.1) is 0 Å². The van der Waals surface area contributed by atoms with Gasteiger partial charge in [-0.3, -0.25) is 0 Å². The van der Waals surface area contributed by atoms with E-state index in [0.717, 1.165) is 0 Å². The number of halogens is 1. The molecule has 0 aromatic heterocycles. The lowest BCUT2D eigenvalue weighted by Gasteiger charge is -2.16. The molecule has 1 aliphatic carbocycles. The predicted octanol–water partition coefficient (Wildman–Crippen LogP) is 4.75. The van der Waals surface area contributed by atoms with Crippen molar-refractivity contribution in [2.24, 2.45) is 0 Å².